The van der Waals surface area contributed by atoms with Crippen LogP contribution in [0.4, 0.5) is 51.2 Å². The smallest absolute Gasteiger partial charge is 0.0782 e. The van der Waals surface area contributed by atoms with Gasteiger partial charge in [0.2, 0.25) is 0 Å². The average Bonchev–Trinajstić information content (AvgIpc) is 3.71. The molecule has 0 bridgehead atoms. The van der Waals surface area contributed by atoms with Crippen LogP contribution in [0.1, 0.15) is 0 Å². The molecule has 0 radical (unpaired) electrons. The van der Waals surface area contributed by atoms with Crippen molar-refractivity contribution in [1.82, 2.24) is 4.57 Å². The molecule has 0 spiro atoms. The summed E-state index contributed by atoms with van der Waals surface area (Å²) in [6.45, 7) is 0. The Morgan fingerprint density at radius 3 is 1.25 bits per heavy atom. The molecule has 0 aliphatic heterocycles. The molecule has 0 amide bonds. The van der Waals surface area contributed by atoms with Crippen LogP contribution in [0.5, 0.6) is 0 Å². The third-order valence-corrected chi connectivity index (χ3v) is 11.9. The molecule has 64 heavy (non-hydrogen) atoms. The monoisotopic (exact) mass is 820 g/mol. The maximum Gasteiger partial charge on any atom is 0.0782 e. The Kier molecular flexibility index (Phi) is 10.2. The summed E-state index contributed by atoms with van der Waals surface area (Å²) in [7, 11) is 0. The highest BCUT2D eigenvalue weighted by Gasteiger charge is 2.24. The number of hydrogen-bond acceptors (Lipinski definition) is 3. The van der Waals surface area contributed by atoms with E-state index in [0.717, 1.165) is 79.0 Å². The molecule has 0 saturated carbocycles. The van der Waals surface area contributed by atoms with Gasteiger partial charge in [-0.25, -0.2) is 0 Å². The summed E-state index contributed by atoms with van der Waals surface area (Å²) in [4.78, 5) is 7.15. The second-order valence-corrected chi connectivity index (χ2v) is 15.8. The molecule has 4 nitrogen and oxygen atoms in total. The van der Waals surface area contributed by atoms with Crippen molar-refractivity contribution in [1.29, 1.82) is 0 Å². The van der Waals surface area contributed by atoms with Gasteiger partial charge in [0.25, 0.3) is 0 Å². The number of anilines is 9. The zero-order valence-electron chi connectivity index (χ0n) is 35.2. The van der Waals surface area contributed by atoms with Crippen LogP contribution in [0.25, 0.3) is 38.6 Å². The van der Waals surface area contributed by atoms with Crippen molar-refractivity contribution < 1.29 is 0 Å². The molecule has 0 N–H and O–H groups in total. The van der Waals surface area contributed by atoms with Gasteiger partial charge >= 0.3 is 0 Å². The fraction of sp³-hybridized carbons (Fsp3) is 0. The second-order valence-electron chi connectivity index (χ2n) is 15.8. The van der Waals surface area contributed by atoms with E-state index in [0.29, 0.717) is 0 Å². The molecule has 0 aliphatic carbocycles. The summed E-state index contributed by atoms with van der Waals surface area (Å²) >= 11 is 0. The lowest BCUT2D eigenvalue weighted by Crippen LogP contribution is -2.15. The van der Waals surface area contributed by atoms with E-state index in [2.05, 4.69) is 286 Å². The number of para-hydroxylation sites is 7. The minimum absolute atomic E-state index is 1.02. The highest BCUT2D eigenvalue weighted by molar-refractivity contribution is 6.14. The largest absolute Gasteiger partial charge is 0.310 e. The number of hydrogen-bond donors (Lipinski definition) is 0. The first-order valence-corrected chi connectivity index (χ1v) is 21.8. The van der Waals surface area contributed by atoms with E-state index in [-0.39, 0.29) is 0 Å². The van der Waals surface area contributed by atoms with Crippen molar-refractivity contribution in [3.05, 3.63) is 267 Å². The molecule has 1 aromatic heterocycles. The first-order valence-electron chi connectivity index (χ1n) is 21.8. The van der Waals surface area contributed by atoms with E-state index in [1.807, 2.05) is 0 Å². The van der Waals surface area contributed by atoms with Gasteiger partial charge in [0.05, 0.1) is 22.4 Å². The van der Waals surface area contributed by atoms with Crippen molar-refractivity contribution in [2.45, 2.75) is 0 Å². The molecular weight excluding hydrogens is 777 g/mol. The second kappa shape index (κ2) is 17.0. The summed E-state index contributed by atoms with van der Waals surface area (Å²) in [6, 6.07) is 95.4. The summed E-state index contributed by atoms with van der Waals surface area (Å²) in [6.07, 6.45) is 0. The molecule has 11 rings (SSSR count). The van der Waals surface area contributed by atoms with Crippen LogP contribution in [0, 0.1) is 0 Å². The SMILES string of the molecule is c1ccc(-c2ccccc2N(c2ccccc2)c2cccc(N(c3cccc(N(c4ccccc4)c4ccccc4)c3)c3cccc4c5ccccc5n(-c5ccccc5)c34)c2)cc1. The van der Waals surface area contributed by atoms with E-state index < -0.39 is 0 Å². The zero-order chi connectivity index (χ0) is 42.7. The van der Waals surface area contributed by atoms with Gasteiger partial charge in [0.15, 0.2) is 0 Å². The van der Waals surface area contributed by atoms with Gasteiger partial charge in [-0.15, -0.1) is 0 Å². The molecule has 4 heteroatoms. The number of fused-ring (bicyclic) bond motifs is 3. The molecule has 1 heterocycles. The predicted molar refractivity (Wildman–Crippen MR) is 270 cm³/mol. The van der Waals surface area contributed by atoms with Gasteiger partial charge in [0.1, 0.15) is 0 Å². The first kappa shape index (κ1) is 38.3. The molecule has 0 unspecified atom stereocenters. The van der Waals surface area contributed by atoms with E-state index in [9.17, 15) is 0 Å². The van der Waals surface area contributed by atoms with E-state index in [1.54, 1.807) is 0 Å². The summed E-state index contributed by atoms with van der Waals surface area (Å²) in [5.41, 5.74) is 15.3. The Morgan fingerprint density at radius 1 is 0.266 bits per heavy atom. The molecular formula is C60H44N4. The summed E-state index contributed by atoms with van der Waals surface area (Å²) < 4.78 is 2.42. The molecule has 304 valence electrons. The van der Waals surface area contributed by atoms with Crippen LogP contribution >= 0.6 is 0 Å². The highest BCUT2D eigenvalue weighted by Crippen LogP contribution is 2.47. The Labute approximate surface area is 374 Å². The van der Waals surface area contributed by atoms with Crippen molar-refractivity contribution in [2.24, 2.45) is 0 Å². The van der Waals surface area contributed by atoms with Gasteiger partial charge < -0.3 is 19.3 Å². The maximum absolute atomic E-state index is 2.44. The fourth-order valence-corrected chi connectivity index (χ4v) is 9.13. The summed E-state index contributed by atoms with van der Waals surface area (Å²) in [5.74, 6) is 0. The van der Waals surface area contributed by atoms with Crippen LogP contribution in [-0.2, 0) is 0 Å². The number of aromatic nitrogens is 1. The molecule has 0 saturated heterocycles. The van der Waals surface area contributed by atoms with Crippen molar-refractivity contribution >= 4 is 73.0 Å². The Bertz CT molecular complexity index is 3290. The van der Waals surface area contributed by atoms with Gasteiger partial charge in [-0.05, 0) is 109 Å². The van der Waals surface area contributed by atoms with E-state index in [4.69, 9.17) is 0 Å². The third-order valence-electron chi connectivity index (χ3n) is 11.9. The van der Waals surface area contributed by atoms with Gasteiger partial charge in [0, 0.05) is 61.8 Å². The lowest BCUT2D eigenvalue weighted by atomic mass is 10.0. The number of nitrogens with zero attached hydrogens (tertiary/aromatic N) is 4. The van der Waals surface area contributed by atoms with Gasteiger partial charge in [-0.1, -0.05) is 164 Å². The minimum Gasteiger partial charge on any atom is -0.310 e. The molecule has 10 aromatic carbocycles. The lowest BCUT2D eigenvalue weighted by Gasteiger charge is -2.32. The number of benzene rings is 10. The van der Waals surface area contributed by atoms with Crippen molar-refractivity contribution in [3.8, 4) is 16.8 Å². The van der Waals surface area contributed by atoms with Crippen LogP contribution in [0.3, 0.4) is 0 Å². The van der Waals surface area contributed by atoms with Gasteiger partial charge in [-0.2, -0.15) is 0 Å². The standard InChI is InChI=1S/C60H44N4/c1-6-23-45(24-7-1)54-37-16-18-40-57(54)62(48-29-12-4-13-30-48)51-34-21-36-53(44-51)63(52-35-20-33-50(43-52)61(46-25-8-2-9-26-46)47-27-10-3-11-28-47)59-42-22-39-56-55-38-17-19-41-58(55)64(60(56)59)49-31-14-5-15-32-49/h1-44H. The van der Waals surface area contributed by atoms with Crippen LogP contribution in [-0.4, -0.2) is 4.57 Å². The zero-order valence-corrected chi connectivity index (χ0v) is 35.2. The Morgan fingerprint density at radius 2 is 0.656 bits per heavy atom. The average molecular weight is 821 g/mol. The fourth-order valence-electron chi connectivity index (χ4n) is 9.13. The van der Waals surface area contributed by atoms with Gasteiger partial charge in [-0.3, -0.25) is 0 Å². The minimum atomic E-state index is 1.02. The topological polar surface area (TPSA) is 14.7 Å². The van der Waals surface area contributed by atoms with Crippen LogP contribution in [0.2, 0.25) is 0 Å². The number of rotatable bonds is 11. The van der Waals surface area contributed by atoms with E-state index >= 15 is 0 Å². The van der Waals surface area contributed by atoms with E-state index in [1.165, 1.54) is 10.8 Å². The van der Waals surface area contributed by atoms with Crippen molar-refractivity contribution in [3.63, 3.8) is 0 Å². The quantitative estimate of drug-likeness (QED) is 0.129. The predicted octanol–water partition coefficient (Wildman–Crippen LogP) is 16.9. The molecule has 0 atom stereocenters. The Balaban J connectivity index is 1.17. The molecule has 0 aliphatic rings. The van der Waals surface area contributed by atoms with Crippen LogP contribution < -0.4 is 14.7 Å². The first-order chi connectivity index (χ1) is 31.8. The lowest BCUT2D eigenvalue weighted by molar-refractivity contribution is 1.16. The highest BCUT2D eigenvalue weighted by atomic mass is 15.2. The van der Waals surface area contributed by atoms with Crippen LogP contribution in [0.15, 0.2) is 267 Å². The normalized spacial score (nSPS) is 11.1. The molecule has 0 fully saturated rings. The molecule has 11 aromatic rings. The van der Waals surface area contributed by atoms with Crippen molar-refractivity contribution in [2.75, 3.05) is 14.7 Å². The third kappa shape index (κ3) is 7.13. The maximum atomic E-state index is 2.44. The summed E-state index contributed by atoms with van der Waals surface area (Å²) in [5, 5.41) is 2.39. The Hall–Kier alpha value is -8.60.